The molecular weight excluding hydrogens is 259 g/mol. The maximum Gasteiger partial charge on any atom is 0.260 e. The van der Waals surface area contributed by atoms with Crippen LogP contribution in [0.25, 0.3) is 0 Å². The minimum absolute atomic E-state index is 0.0368. The third-order valence-electron chi connectivity index (χ3n) is 2.60. The number of carbonyl (C=O) groups excluding carboxylic acids is 1. The fourth-order valence-electron chi connectivity index (χ4n) is 1.84. The molecule has 1 amide bonds. The van der Waals surface area contributed by atoms with Gasteiger partial charge in [0.25, 0.3) is 5.91 Å². The van der Waals surface area contributed by atoms with E-state index in [4.69, 9.17) is 10.5 Å². The van der Waals surface area contributed by atoms with Crippen LogP contribution in [0.3, 0.4) is 0 Å². The van der Waals surface area contributed by atoms with E-state index in [2.05, 4.69) is 5.32 Å². The maximum atomic E-state index is 13.5. The Kier molecular flexibility index (Phi) is 5.95. The van der Waals surface area contributed by atoms with Crippen molar-refractivity contribution in [3.63, 3.8) is 0 Å². The standard InChI is InChI=1S/C15H23FN2O2/c1-9(2)18-15(19)11(4)20-14-7-12(5-10(3)17)6-13(16)8-14/h6-11H,5,17H2,1-4H3,(H,18,19). The molecule has 5 heteroatoms. The zero-order valence-electron chi connectivity index (χ0n) is 12.4. The smallest absolute Gasteiger partial charge is 0.260 e. The summed E-state index contributed by atoms with van der Waals surface area (Å²) in [6, 6.07) is 4.38. The van der Waals surface area contributed by atoms with Gasteiger partial charge in [-0.2, -0.15) is 0 Å². The average Bonchev–Trinajstić information content (AvgIpc) is 2.25. The SMILES string of the molecule is CC(N)Cc1cc(F)cc(OC(C)C(=O)NC(C)C)c1. The predicted molar refractivity (Wildman–Crippen MR) is 77.1 cm³/mol. The van der Waals surface area contributed by atoms with Crippen LogP contribution < -0.4 is 15.8 Å². The molecule has 0 bridgehead atoms. The van der Waals surface area contributed by atoms with Crippen LogP contribution in [0, 0.1) is 5.82 Å². The predicted octanol–water partition coefficient (Wildman–Crippen LogP) is 2.01. The van der Waals surface area contributed by atoms with Crippen molar-refractivity contribution >= 4 is 5.91 Å². The minimum Gasteiger partial charge on any atom is -0.481 e. The number of halogens is 1. The number of nitrogens with two attached hydrogens (primary N) is 1. The molecule has 0 aliphatic rings. The summed E-state index contributed by atoms with van der Waals surface area (Å²) in [6.45, 7) is 7.22. The number of carbonyl (C=O) groups is 1. The Morgan fingerprint density at radius 1 is 1.30 bits per heavy atom. The highest BCUT2D eigenvalue weighted by molar-refractivity contribution is 5.80. The molecule has 1 rings (SSSR count). The maximum absolute atomic E-state index is 13.5. The van der Waals surface area contributed by atoms with E-state index in [1.807, 2.05) is 20.8 Å². The molecular formula is C15H23FN2O2. The molecule has 0 radical (unpaired) electrons. The van der Waals surface area contributed by atoms with Crippen molar-refractivity contribution in [3.05, 3.63) is 29.6 Å². The summed E-state index contributed by atoms with van der Waals surface area (Å²) in [7, 11) is 0. The number of rotatable bonds is 6. The number of hydrogen-bond donors (Lipinski definition) is 2. The van der Waals surface area contributed by atoms with E-state index in [1.165, 1.54) is 12.1 Å². The van der Waals surface area contributed by atoms with Crippen LogP contribution in [0.15, 0.2) is 18.2 Å². The molecule has 0 saturated carbocycles. The molecule has 0 aromatic heterocycles. The molecule has 112 valence electrons. The van der Waals surface area contributed by atoms with Crippen LogP contribution in [0.2, 0.25) is 0 Å². The molecule has 0 saturated heterocycles. The second-order valence-corrected chi connectivity index (χ2v) is 5.40. The highest BCUT2D eigenvalue weighted by Gasteiger charge is 2.16. The van der Waals surface area contributed by atoms with Crippen molar-refractivity contribution in [3.8, 4) is 5.75 Å². The second-order valence-electron chi connectivity index (χ2n) is 5.40. The normalized spacial score (nSPS) is 13.9. The van der Waals surface area contributed by atoms with Crippen molar-refractivity contribution in [2.75, 3.05) is 0 Å². The van der Waals surface area contributed by atoms with Gasteiger partial charge in [0.1, 0.15) is 11.6 Å². The summed E-state index contributed by atoms with van der Waals surface area (Å²) in [5.41, 5.74) is 6.46. The lowest BCUT2D eigenvalue weighted by molar-refractivity contribution is -0.127. The fraction of sp³-hybridized carbons (Fsp3) is 0.533. The summed E-state index contributed by atoms with van der Waals surface area (Å²) in [4.78, 5) is 11.8. The van der Waals surface area contributed by atoms with Gasteiger partial charge < -0.3 is 15.8 Å². The van der Waals surface area contributed by atoms with Gasteiger partial charge in [0, 0.05) is 18.2 Å². The molecule has 2 unspecified atom stereocenters. The Balaban J connectivity index is 2.76. The van der Waals surface area contributed by atoms with Crippen LogP contribution in [0.1, 0.15) is 33.3 Å². The lowest BCUT2D eigenvalue weighted by atomic mass is 10.1. The van der Waals surface area contributed by atoms with Crippen LogP contribution in [-0.2, 0) is 11.2 Å². The van der Waals surface area contributed by atoms with Crippen molar-refractivity contribution in [2.24, 2.45) is 5.73 Å². The molecule has 0 fully saturated rings. The topological polar surface area (TPSA) is 64.3 Å². The first kappa shape index (κ1) is 16.4. The first-order chi connectivity index (χ1) is 9.27. The lowest BCUT2D eigenvalue weighted by Gasteiger charge is -2.17. The Morgan fingerprint density at radius 2 is 1.95 bits per heavy atom. The van der Waals surface area contributed by atoms with E-state index in [0.717, 1.165) is 5.56 Å². The van der Waals surface area contributed by atoms with Gasteiger partial charge in [0.2, 0.25) is 0 Å². The Morgan fingerprint density at radius 3 is 2.50 bits per heavy atom. The number of benzene rings is 1. The zero-order valence-corrected chi connectivity index (χ0v) is 12.4. The van der Waals surface area contributed by atoms with Crippen LogP contribution >= 0.6 is 0 Å². The quantitative estimate of drug-likeness (QED) is 0.839. The number of amides is 1. The molecule has 0 heterocycles. The third kappa shape index (κ3) is 5.57. The van der Waals surface area contributed by atoms with Gasteiger partial charge in [-0.1, -0.05) is 0 Å². The van der Waals surface area contributed by atoms with E-state index >= 15 is 0 Å². The molecule has 0 spiro atoms. The number of nitrogens with one attached hydrogen (secondary N) is 1. The van der Waals surface area contributed by atoms with Gasteiger partial charge in [-0.3, -0.25) is 4.79 Å². The summed E-state index contributed by atoms with van der Waals surface area (Å²) in [5.74, 6) is -0.278. The minimum atomic E-state index is -0.678. The highest BCUT2D eigenvalue weighted by atomic mass is 19.1. The van der Waals surface area contributed by atoms with Crippen molar-refractivity contribution in [2.45, 2.75) is 52.3 Å². The number of ether oxygens (including phenoxy) is 1. The van der Waals surface area contributed by atoms with Gasteiger partial charge in [-0.25, -0.2) is 4.39 Å². The Hall–Kier alpha value is -1.62. The largest absolute Gasteiger partial charge is 0.481 e. The molecule has 1 aromatic rings. The summed E-state index contributed by atoms with van der Waals surface area (Å²) < 4.78 is 19.0. The van der Waals surface area contributed by atoms with E-state index < -0.39 is 11.9 Å². The van der Waals surface area contributed by atoms with Crippen molar-refractivity contribution in [1.29, 1.82) is 0 Å². The molecule has 20 heavy (non-hydrogen) atoms. The average molecular weight is 282 g/mol. The lowest BCUT2D eigenvalue weighted by Crippen LogP contribution is -2.40. The number of hydrogen-bond acceptors (Lipinski definition) is 3. The van der Waals surface area contributed by atoms with Gasteiger partial charge in [0.15, 0.2) is 6.10 Å². The van der Waals surface area contributed by atoms with Gasteiger partial charge in [-0.05, 0) is 51.8 Å². The molecule has 2 atom stereocenters. The van der Waals surface area contributed by atoms with E-state index in [1.54, 1.807) is 13.0 Å². The summed E-state index contributed by atoms with van der Waals surface area (Å²) >= 11 is 0. The summed E-state index contributed by atoms with van der Waals surface area (Å²) in [6.07, 6.45) is -0.122. The highest BCUT2D eigenvalue weighted by Crippen LogP contribution is 2.19. The van der Waals surface area contributed by atoms with Crippen LogP contribution in [0.5, 0.6) is 5.75 Å². The fourth-order valence-corrected chi connectivity index (χ4v) is 1.84. The van der Waals surface area contributed by atoms with Gasteiger partial charge in [-0.15, -0.1) is 0 Å². The van der Waals surface area contributed by atoms with Crippen molar-refractivity contribution < 1.29 is 13.9 Å². The second kappa shape index (κ2) is 7.24. The van der Waals surface area contributed by atoms with E-state index in [0.29, 0.717) is 12.2 Å². The van der Waals surface area contributed by atoms with Crippen molar-refractivity contribution in [1.82, 2.24) is 5.32 Å². The van der Waals surface area contributed by atoms with Crippen LogP contribution in [0.4, 0.5) is 4.39 Å². The molecule has 0 aliphatic carbocycles. The monoisotopic (exact) mass is 282 g/mol. The molecule has 3 N–H and O–H groups in total. The first-order valence-electron chi connectivity index (χ1n) is 6.80. The molecule has 4 nitrogen and oxygen atoms in total. The van der Waals surface area contributed by atoms with Gasteiger partial charge >= 0.3 is 0 Å². The molecule has 1 aromatic carbocycles. The van der Waals surface area contributed by atoms with Gasteiger partial charge in [0.05, 0.1) is 0 Å². The Bertz CT molecular complexity index is 461. The third-order valence-corrected chi connectivity index (χ3v) is 2.60. The first-order valence-corrected chi connectivity index (χ1v) is 6.80. The van der Waals surface area contributed by atoms with Crippen LogP contribution in [-0.4, -0.2) is 24.1 Å². The summed E-state index contributed by atoms with van der Waals surface area (Å²) in [5, 5.41) is 2.75. The Labute approximate surface area is 119 Å². The van der Waals surface area contributed by atoms with E-state index in [9.17, 15) is 9.18 Å². The van der Waals surface area contributed by atoms with E-state index in [-0.39, 0.29) is 18.0 Å². The zero-order chi connectivity index (χ0) is 15.3. The molecule has 0 aliphatic heterocycles.